The summed E-state index contributed by atoms with van der Waals surface area (Å²) in [6, 6.07) is 1.03. The highest BCUT2D eigenvalue weighted by molar-refractivity contribution is 5.68. The number of carbonyl (C=O) groups excluding carboxylic acids is 1. The van der Waals surface area contributed by atoms with E-state index in [1.54, 1.807) is 0 Å². The Kier molecular flexibility index (Phi) is 5.53. The first-order chi connectivity index (χ1) is 9.90. The molecule has 1 aliphatic carbocycles. The van der Waals surface area contributed by atoms with Crippen molar-refractivity contribution in [2.24, 2.45) is 5.92 Å². The Hall–Kier alpha value is -0.770. The lowest BCUT2D eigenvalue weighted by Gasteiger charge is -2.29. The number of rotatable bonds is 6. The second-order valence-corrected chi connectivity index (χ2v) is 7.56. The molecule has 1 aliphatic heterocycles. The smallest absolute Gasteiger partial charge is 0.410 e. The van der Waals surface area contributed by atoms with Gasteiger partial charge in [-0.2, -0.15) is 0 Å². The molecule has 0 spiro atoms. The molecule has 1 N–H and O–H groups in total. The second-order valence-electron chi connectivity index (χ2n) is 7.56. The van der Waals surface area contributed by atoms with Gasteiger partial charge in [-0.25, -0.2) is 4.79 Å². The van der Waals surface area contributed by atoms with Gasteiger partial charge in [-0.05, 0) is 71.8 Å². The van der Waals surface area contributed by atoms with Crippen LogP contribution in [0.25, 0.3) is 0 Å². The average molecular weight is 296 g/mol. The van der Waals surface area contributed by atoms with Crippen LogP contribution in [-0.4, -0.2) is 41.8 Å². The van der Waals surface area contributed by atoms with Gasteiger partial charge in [0.05, 0.1) is 0 Å². The van der Waals surface area contributed by atoms with Crippen LogP contribution < -0.4 is 5.32 Å². The highest BCUT2D eigenvalue weighted by atomic mass is 16.6. The molecule has 0 radical (unpaired) electrons. The van der Waals surface area contributed by atoms with Crippen molar-refractivity contribution < 1.29 is 9.53 Å². The Morgan fingerprint density at radius 1 is 1.33 bits per heavy atom. The van der Waals surface area contributed by atoms with Crippen molar-refractivity contribution in [2.45, 2.75) is 83.9 Å². The van der Waals surface area contributed by atoms with E-state index in [2.05, 4.69) is 12.2 Å². The van der Waals surface area contributed by atoms with Crippen LogP contribution in [-0.2, 0) is 4.74 Å². The van der Waals surface area contributed by atoms with E-state index in [1.165, 1.54) is 19.3 Å². The molecule has 4 heteroatoms. The van der Waals surface area contributed by atoms with Crippen LogP contribution in [0.1, 0.15) is 66.2 Å². The van der Waals surface area contributed by atoms with Crippen molar-refractivity contribution >= 4 is 6.09 Å². The zero-order valence-corrected chi connectivity index (χ0v) is 14.2. The molecule has 122 valence electrons. The van der Waals surface area contributed by atoms with Gasteiger partial charge in [0.1, 0.15) is 5.60 Å². The van der Waals surface area contributed by atoms with E-state index in [-0.39, 0.29) is 6.09 Å². The van der Waals surface area contributed by atoms with Crippen LogP contribution in [0.2, 0.25) is 0 Å². The first kappa shape index (κ1) is 16.6. The minimum absolute atomic E-state index is 0.140. The lowest BCUT2D eigenvalue weighted by molar-refractivity contribution is 0.0220. The second kappa shape index (κ2) is 6.99. The average Bonchev–Trinajstić information content (AvgIpc) is 3.11. The van der Waals surface area contributed by atoms with Gasteiger partial charge < -0.3 is 15.0 Å². The normalized spacial score (nSPS) is 24.2. The number of hydrogen-bond donors (Lipinski definition) is 1. The number of likely N-dealkylation sites (tertiary alicyclic amines) is 1. The fourth-order valence-corrected chi connectivity index (χ4v) is 3.28. The van der Waals surface area contributed by atoms with E-state index < -0.39 is 5.60 Å². The van der Waals surface area contributed by atoms with Crippen molar-refractivity contribution in [1.82, 2.24) is 10.2 Å². The van der Waals surface area contributed by atoms with Crippen molar-refractivity contribution in [2.75, 3.05) is 13.1 Å². The van der Waals surface area contributed by atoms with E-state index in [1.807, 2.05) is 25.7 Å². The molecule has 2 aliphatic rings. The van der Waals surface area contributed by atoms with E-state index in [0.717, 1.165) is 38.3 Å². The molecule has 2 rings (SSSR count). The molecule has 2 atom stereocenters. The maximum Gasteiger partial charge on any atom is 0.410 e. The third-order valence-electron chi connectivity index (χ3n) is 4.52. The summed E-state index contributed by atoms with van der Waals surface area (Å²) in [6.45, 7) is 9.91. The van der Waals surface area contributed by atoms with Gasteiger partial charge in [0.15, 0.2) is 0 Å². The van der Waals surface area contributed by atoms with Gasteiger partial charge in [-0.1, -0.05) is 6.92 Å². The monoisotopic (exact) mass is 296 g/mol. The fraction of sp³-hybridized carbons (Fsp3) is 0.941. The molecular formula is C17H32N2O2. The van der Waals surface area contributed by atoms with Gasteiger partial charge in [-0.15, -0.1) is 0 Å². The lowest BCUT2D eigenvalue weighted by Crippen LogP contribution is -2.41. The van der Waals surface area contributed by atoms with E-state index >= 15 is 0 Å². The summed E-state index contributed by atoms with van der Waals surface area (Å²) >= 11 is 0. The summed E-state index contributed by atoms with van der Waals surface area (Å²) in [4.78, 5) is 14.2. The SMILES string of the molecule is CCC(NCCC1CCCN1C(=O)OC(C)(C)C)C1CC1. The molecule has 1 saturated heterocycles. The van der Waals surface area contributed by atoms with E-state index in [9.17, 15) is 4.79 Å². The summed E-state index contributed by atoms with van der Waals surface area (Å²) < 4.78 is 5.52. The largest absolute Gasteiger partial charge is 0.444 e. The maximum atomic E-state index is 12.2. The topological polar surface area (TPSA) is 41.6 Å². The lowest BCUT2D eigenvalue weighted by atomic mass is 10.1. The Morgan fingerprint density at radius 3 is 2.62 bits per heavy atom. The summed E-state index contributed by atoms with van der Waals surface area (Å²) in [5.74, 6) is 0.903. The fourth-order valence-electron chi connectivity index (χ4n) is 3.28. The van der Waals surface area contributed by atoms with Gasteiger partial charge in [0, 0.05) is 18.6 Å². The number of nitrogens with one attached hydrogen (secondary N) is 1. The highest BCUT2D eigenvalue weighted by Gasteiger charge is 2.33. The number of hydrogen-bond acceptors (Lipinski definition) is 3. The van der Waals surface area contributed by atoms with Crippen molar-refractivity contribution in [3.63, 3.8) is 0 Å². The summed E-state index contributed by atoms with van der Waals surface area (Å²) in [5, 5.41) is 3.69. The molecule has 1 heterocycles. The standard InChI is InChI=1S/C17H32N2O2/c1-5-15(13-8-9-13)18-11-10-14-7-6-12-19(14)16(20)21-17(2,3)4/h13-15,18H,5-12H2,1-4H3. The number of ether oxygens (including phenoxy) is 1. The molecule has 0 bridgehead atoms. The van der Waals surface area contributed by atoms with Gasteiger partial charge >= 0.3 is 6.09 Å². The minimum Gasteiger partial charge on any atom is -0.444 e. The van der Waals surface area contributed by atoms with Crippen molar-refractivity contribution in [3.05, 3.63) is 0 Å². The minimum atomic E-state index is -0.401. The van der Waals surface area contributed by atoms with Crippen LogP contribution in [0.3, 0.4) is 0 Å². The summed E-state index contributed by atoms with van der Waals surface area (Å²) in [7, 11) is 0. The Labute approximate surface area is 129 Å². The molecule has 0 aromatic heterocycles. The van der Waals surface area contributed by atoms with Crippen LogP contribution >= 0.6 is 0 Å². The molecule has 0 aromatic carbocycles. The zero-order valence-electron chi connectivity index (χ0n) is 14.2. The van der Waals surface area contributed by atoms with Gasteiger partial charge in [0.2, 0.25) is 0 Å². The third-order valence-corrected chi connectivity index (χ3v) is 4.52. The predicted molar refractivity (Wildman–Crippen MR) is 85.4 cm³/mol. The predicted octanol–water partition coefficient (Wildman–Crippen LogP) is 3.55. The number of nitrogens with zero attached hydrogens (tertiary/aromatic N) is 1. The molecule has 4 nitrogen and oxygen atoms in total. The third kappa shape index (κ3) is 5.17. The molecule has 1 amide bonds. The number of carbonyl (C=O) groups is 1. The van der Waals surface area contributed by atoms with Crippen LogP contribution in [0.15, 0.2) is 0 Å². The molecule has 2 unspecified atom stereocenters. The molecule has 21 heavy (non-hydrogen) atoms. The van der Waals surface area contributed by atoms with E-state index in [4.69, 9.17) is 4.74 Å². The maximum absolute atomic E-state index is 12.2. The Balaban J connectivity index is 1.75. The molecule has 0 aromatic rings. The van der Waals surface area contributed by atoms with Crippen LogP contribution in [0, 0.1) is 5.92 Å². The van der Waals surface area contributed by atoms with E-state index in [0.29, 0.717) is 12.1 Å². The Bertz CT molecular complexity index is 347. The van der Waals surface area contributed by atoms with Gasteiger partial charge in [0.25, 0.3) is 0 Å². The van der Waals surface area contributed by atoms with Crippen LogP contribution in [0.4, 0.5) is 4.79 Å². The van der Waals surface area contributed by atoms with Crippen molar-refractivity contribution in [1.29, 1.82) is 0 Å². The van der Waals surface area contributed by atoms with Crippen LogP contribution in [0.5, 0.6) is 0 Å². The van der Waals surface area contributed by atoms with Crippen molar-refractivity contribution in [3.8, 4) is 0 Å². The first-order valence-electron chi connectivity index (χ1n) is 8.63. The Morgan fingerprint density at radius 2 is 2.05 bits per heavy atom. The summed E-state index contributed by atoms with van der Waals surface area (Å²) in [5.41, 5.74) is -0.401. The highest BCUT2D eigenvalue weighted by Crippen LogP contribution is 2.34. The molecule has 1 saturated carbocycles. The number of amides is 1. The zero-order chi connectivity index (χ0) is 15.5. The van der Waals surface area contributed by atoms with Gasteiger partial charge in [-0.3, -0.25) is 0 Å². The quantitative estimate of drug-likeness (QED) is 0.815. The molecular weight excluding hydrogens is 264 g/mol. The molecule has 2 fully saturated rings. The first-order valence-corrected chi connectivity index (χ1v) is 8.63. The summed E-state index contributed by atoms with van der Waals surface area (Å²) in [6.07, 6.45) is 7.11.